The van der Waals surface area contributed by atoms with Crippen molar-refractivity contribution < 1.29 is 9.13 Å². The number of hydrogen-bond acceptors (Lipinski definition) is 4. The highest BCUT2D eigenvalue weighted by molar-refractivity contribution is 6.30. The molecule has 2 fully saturated rings. The lowest BCUT2D eigenvalue weighted by Gasteiger charge is -2.49. The number of methoxy groups -OCH3 is 1. The minimum atomic E-state index is -0.308. The number of rotatable bonds is 5. The molecule has 2 aromatic carbocycles. The van der Waals surface area contributed by atoms with Gasteiger partial charge in [0.2, 0.25) is 0 Å². The van der Waals surface area contributed by atoms with Crippen molar-refractivity contribution in [3.05, 3.63) is 88.9 Å². The Bertz CT molecular complexity index is 1240. The first-order valence-corrected chi connectivity index (χ1v) is 12.5. The van der Waals surface area contributed by atoms with Crippen molar-refractivity contribution in [2.45, 2.75) is 38.6 Å². The molecule has 0 bridgehead atoms. The minimum Gasteiger partial charge on any atom is -0.495 e. The maximum atomic E-state index is 14.1. The summed E-state index contributed by atoms with van der Waals surface area (Å²) in [5.41, 5.74) is 5.04. The van der Waals surface area contributed by atoms with Crippen LogP contribution >= 0.6 is 11.6 Å². The Balaban J connectivity index is 1.47. The number of aryl methyl sites for hydroxylation is 1. The summed E-state index contributed by atoms with van der Waals surface area (Å²) in [7, 11) is 1.71. The summed E-state index contributed by atoms with van der Waals surface area (Å²) in [6, 6.07) is 11.2. The zero-order chi connectivity index (χ0) is 24.7. The average molecular weight is 495 g/mol. The van der Waals surface area contributed by atoms with Crippen molar-refractivity contribution in [1.29, 1.82) is 0 Å². The molecule has 2 saturated heterocycles. The van der Waals surface area contributed by atoms with E-state index in [1.807, 2.05) is 30.1 Å². The predicted octanol–water partition coefficient (Wildman–Crippen LogP) is 6.03. The molecule has 5 nitrogen and oxygen atoms in total. The number of likely N-dealkylation sites (tertiary alicyclic amines) is 1. The van der Waals surface area contributed by atoms with Gasteiger partial charge in [0, 0.05) is 47.9 Å². The first-order valence-electron chi connectivity index (χ1n) is 12.1. The number of nitrogens with one attached hydrogen (secondary N) is 1. The van der Waals surface area contributed by atoms with Crippen LogP contribution in [0.5, 0.6) is 5.75 Å². The highest BCUT2D eigenvalue weighted by Gasteiger charge is 2.49. The second-order valence-electron chi connectivity index (χ2n) is 9.82. The summed E-state index contributed by atoms with van der Waals surface area (Å²) in [4.78, 5) is 6.70. The van der Waals surface area contributed by atoms with E-state index in [-0.39, 0.29) is 23.2 Å². The third-order valence-corrected chi connectivity index (χ3v) is 8.05. The van der Waals surface area contributed by atoms with Crippen molar-refractivity contribution in [3.8, 4) is 11.4 Å². The number of imidazole rings is 1. The topological polar surface area (TPSA) is 42.3 Å². The second-order valence-corrected chi connectivity index (χ2v) is 10.3. The maximum Gasteiger partial charge on any atom is 0.143 e. The van der Waals surface area contributed by atoms with E-state index in [0.29, 0.717) is 5.02 Å². The summed E-state index contributed by atoms with van der Waals surface area (Å²) < 4.78 is 21.9. The lowest BCUT2D eigenvalue weighted by Crippen LogP contribution is -2.45. The molecular weight excluding hydrogens is 463 g/mol. The van der Waals surface area contributed by atoms with Gasteiger partial charge in [0.05, 0.1) is 30.9 Å². The Labute approximate surface area is 211 Å². The van der Waals surface area contributed by atoms with Crippen LogP contribution in [0.1, 0.15) is 48.5 Å². The van der Waals surface area contributed by atoms with Crippen molar-refractivity contribution in [2.75, 3.05) is 26.7 Å². The molecule has 2 aliphatic heterocycles. The number of ether oxygens (including phenoxy) is 1. The van der Waals surface area contributed by atoms with Gasteiger partial charge in [0.15, 0.2) is 0 Å². The van der Waals surface area contributed by atoms with Crippen LogP contribution in [-0.2, 0) is 0 Å². The largest absolute Gasteiger partial charge is 0.495 e. The molecule has 1 N–H and O–H groups in total. The number of halogens is 2. The van der Waals surface area contributed by atoms with Crippen LogP contribution in [0, 0.1) is 18.2 Å². The van der Waals surface area contributed by atoms with Gasteiger partial charge in [-0.15, -0.1) is 0 Å². The van der Waals surface area contributed by atoms with E-state index in [1.54, 1.807) is 13.2 Å². The molecule has 35 heavy (non-hydrogen) atoms. The molecular formula is C28H32ClFN4O. The minimum absolute atomic E-state index is 0.0180. The van der Waals surface area contributed by atoms with Crippen LogP contribution in [0.4, 0.5) is 4.39 Å². The maximum absolute atomic E-state index is 14.1. The fraction of sp³-hybridized carbons (Fsp3) is 0.393. The molecule has 2 unspecified atom stereocenters. The van der Waals surface area contributed by atoms with Crippen molar-refractivity contribution in [3.63, 3.8) is 0 Å². The first-order chi connectivity index (χ1) is 16.8. The van der Waals surface area contributed by atoms with Crippen LogP contribution in [0.2, 0.25) is 5.02 Å². The van der Waals surface area contributed by atoms with E-state index in [9.17, 15) is 4.39 Å². The van der Waals surface area contributed by atoms with E-state index in [1.165, 1.54) is 11.6 Å². The third-order valence-electron chi connectivity index (χ3n) is 7.83. The molecule has 0 radical (unpaired) electrons. The lowest BCUT2D eigenvalue weighted by atomic mass is 9.67. The molecule has 3 aromatic rings. The number of piperidine rings is 1. The lowest BCUT2D eigenvalue weighted by molar-refractivity contribution is 0.126. The summed E-state index contributed by atoms with van der Waals surface area (Å²) in [5, 5.41) is 4.06. The van der Waals surface area contributed by atoms with Gasteiger partial charge in [-0.1, -0.05) is 24.2 Å². The number of benzene rings is 2. The Hall–Kier alpha value is -2.83. The molecule has 1 spiro atoms. The van der Waals surface area contributed by atoms with Crippen molar-refractivity contribution in [2.24, 2.45) is 5.41 Å². The molecule has 0 aliphatic carbocycles. The predicted molar refractivity (Wildman–Crippen MR) is 138 cm³/mol. The summed E-state index contributed by atoms with van der Waals surface area (Å²) in [5.74, 6) is 0.772. The zero-order valence-corrected chi connectivity index (χ0v) is 21.3. The summed E-state index contributed by atoms with van der Waals surface area (Å²) in [6.45, 7) is 11.3. The van der Waals surface area contributed by atoms with Gasteiger partial charge < -0.3 is 19.5 Å². The fourth-order valence-electron chi connectivity index (χ4n) is 5.99. The SMILES string of the molecule is C=C1N([C@@H](C)c2cc(F)cc(Cl)c2)CCCC12CNCC2c1ccc(-n2cnc(C)c2)c(OC)c1. The van der Waals surface area contributed by atoms with Crippen LogP contribution < -0.4 is 10.1 Å². The van der Waals surface area contributed by atoms with Crippen LogP contribution in [-0.4, -0.2) is 41.2 Å². The molecule has 5 rings (SSSR count). The quantitative estimate of drug-likeness (QED) is 0.470. The van der Waals surface area contributed by atoms with E-state index in [0.717, 1.165) is 60.9 Å². The van der Waals surface area contributed by atoms with Gasteiger partial charge in [0.1, 0.15) is 11.6 Å². The van der Waals surface area contributed by atoms with Gasteiger partial charge in [-0.3, -0.25) is 0 Å². The van der Waals surface area contributed by atoms with Gasteiger partial charge >= 0.3 is 0 Å². The summed E-state index contributed by atoms with van der Waals surface area (Å²) >= 11 is 6.17. The Morgan fingerprint density at radius 2 is 2.11 bits per heavy atom. The van der Waals surface area contributed by atoms with E-state index >= 15 is 0 Å². The Morgan fingerprint density at radius 3 is 2.83 bits per heavy atom. The smallest absolute Gasteiger partial charge is 0.143 e. The molecule has 7 heteroatoms. The van der Waals surface area contributed by atoms with Gasteiger partial charge in [-0.2, -0.15) is 0 Å². The van der Waals surface area contributed by atoms with Crippen molar-refractivity contribution >= 4 is 11.6 Å². The first kappa shape index (κ1) is 23.9. The van der Waals surface area contributed by atoms with Gasteiger partial charge in [0.25, 0.3) is 0 Å². The van der Waals surface area contributed by atoms with Crippen molar-refractivity contribution in [1.82, 2.24) is 19.8 Å². The molecule has 2 aliphatic rings. The molecule has 0 amide bonds. The number of hydrogen-bond donors (Lipinski definition) is 1. The molecule has 184 valence electrons. The zero-order valence-electron chi connectivity index (χ0n) is 20.5. The molecule has 1 aromatic heterocycles. The van der Waals surface area contributed by atoms with E-state index in [2.05, 4.69) is 46.9 Å². The molecule has 0 saturated carbocycles. The van der Waals surface area contributed by atoms with Crippen LogP contribution in [0.15, 0.2) is 61.2 Å². The standard InChI is InChI=1S/C28H32ClFN4O/c1-18-15-33(17-32-18)26-7-6-21(12-27(26)35-4)25-14-31-16-28(25)8-5-9-34(20(28)3)19(2)22-10-23(29)13-24(30)11-22/h6-7,10-13,15,17,19,25,31H,3,5,8-9,14,16H2,1-2,4H3/t19-,25?,28?/m0/s1. The van der Waals surface area contributed by atoms with E-state index in [4.69, 9.17) is 16.3 Å². The van der Waals surface area contributed by atoms with Crippen LogP contribution in [0.25, 0.3) is 5.69 Å². The fourth-order valence-corrected chi connectivity index (χ4v) is 6.22. The van der Waals surface area contributed by atoms with Crippen LogP contribution in [0.3, 0.4) is 0 Å². The normalized spacial score (nSPS) is 23.2. The van der Waals surface area contributed by atoms with Gasteiger partial charge in [-0.25, -0.2) is 9.37 Å². The third kappa shape index (κ3) is 4.23. The number of nitrogens with zero attached hydrogens (tertiary/aromatic N) is 3. The summed E-state index contributed by atoms with van der Waals surface area (Å²) in [6.07, 6.45) is 5.92. The Morgan fingerprint density at radius 1 is 1.29 bits per heavy atom. The molecule has 3 heterocycles. The number of aromatic nitrogens is 2. The monoisotopic (exact) mass is 494 g/mol. The Kier molecular flexibility index (Phi) is 6.36. The molecule has 3 atom stereocenters. The highest BCUT2D eigenvalue weighted by atomic mass is 35.5. The van der Waals surface area contributed by atoms with Gasteiger partial charge in [-0.05, 0) is 68.1 Å². The highest BCUT2D eigenvalue weighted by Crippen LogP contribution is 2.53. The second kappa shape index (κ2) is 9.32. The average Bonchev–Trinajstić information content (AvgIpc) is 3.46. The van der Waals surface area contributed by atoms with E-state index < -0.39 is 0 Å².